The lowest BCUT2D eigenvalue weighted by molar-refractivity contribution is 0.0977. The molecule has 0 radical (unpaired) electrons. The molecule has 0 spiro atoms. The zero-order chi connectivity index (χ0) is 20.4. The van der Waals surface area contributed by atoms with Gasteiger partial charge in [0.1, 0.15) is 5.84 Å². The van der Waals surface area contributed by atoms with Gasteiger partial charge in [-0.1, -0.05) is 65.8 Å². The maximum atomic E-state index is 12.5. The number of hydrogen-bond donors (Lipinski definition) is 1. The number of rotatable bonds is 2. The molecule has 2 rings (SSSR count). The number of hydrogen-bond acceptors (Lipinski definition) is 2. The topological polar surface area (TPSA) is 41.5 Å². The molecule has 0 aliphatic carbocycles. The molecule has 2 aromatic carbocycles. The Morgan fingerprint density at radius 3 is 1.89 bits per heavy atom. The van der Waals surface area contributed by atoms with Crippen LogP contribution in [0.1, 0.15) is 75.5 Å². The van der Waals surface area contributed by atoms with Crippen molar-refractivity contribution in [1.29, 1.82) is 0 Å². The first-order chi connectivity index (χ1) is 12.4. The van der Waals surface area contributed by atoms with E-state index in [1.807, 2.05) is 38.1 Å². The van der Waals surface area contributed by atoms with Crippen LogP contribution in [0.5, 0.6) is 0 Å². The molecule has 0 fully saturated rings. The monoisotopic (exact) mass is 364 g/mol. The van der Waals surface area contributed by atoms with Crippen molar-refractivity contribution in [2.45, 2.75) is 66.2 Å². The highest BCUT2D eigenvalue weighted by molar-refractivity contribution is 6.06. The lowest BCUT2D eigenvalue weighted by Gasteiger charge is -2.20. The molecule has 3 nitrogen and oxygen atoms in total. The molecule has 0 unspecified atom stereocenters. The number of carbonyl (C=O) groups excluding carboxylic acids is 1. The molecule has 27 heavy (non-hydrogen) atoms. The van der Waals surface area contributed by atoms with Gasteiger partial charge in [-0.15, -0.1) is 0 Å². The molecular formula is C24H32N2O. The van der Waals surface area contributed by atoms with Crippen molar-refractivity contribution in [3.8, 4) is 0 Å². The summed E-state index contributed by atoms with van der Waals surface area (Å²) >= 11 is 0. The van der Waals surface area contributed by atoms with Crippen LogP contribution in [0, 0.1) is 6.92 Å². The van der Waals surface area contributed by atoms with Gasteiger partial charge in [0, 0.05) is 5.56 Å². The van der Waals surface area contributed by atoms with Crippen LogP contribution in [0.3, 0.4) is 0 Å². The number of amides is 1. The van der Waals surface area contributed by atoms with Gasteiger partial charge < -0.3 is 5.32 Å². The maximum absolute atomic E-state index is 12.5. The van der Waals surface area contributed by atoms with Crippen LogP contribution in [0.15, 0.2) is 47.5 Å². The minimum absolute atomic E-state index is 0.0594. The van der Waals surface area contributed by atoms with Crippen molar-refractivity contribution in [1.82, 2.24) is 5.32 Å². The van der Waals surface area contributed by atoms with Crippen LogP contribution < -0.4 is 5.32 Å². The summed E-state index contributed by atoms with van der Waals surface area (Å²) < 4.78 is 0. The normalized spacial score (nSPS) is 12.8. The number of nitrogens with zero attached hydrogens (tertiary/aromatic N) is 1. The molecule has 0 bridgehead atoms. The van der Waals surface area contributed by atoms with Gasteiger partial charge in [-0.3, -0.25) is 4.79 Å². The molecule has 0 saturated heterocycles. The number of nitrogens with one attached hydrogen (secondary N) is 1. The van der Waals surface area contributed by atoms with E-state index in [0.29, 0.717) is 11.4 Å². The van der Waals surface area contributed by atoms with Gasteiger partial charge in [-0.25, -0.2) is 4.99 Å². The highest BCUT2D eigenvalue weighted by Crippen LogP contribution is 2.28. The molecule has 0 aliphatic heterocycles. The van der Waals surface area contributed by atoms with Gasteiger partial charge in [0.2, 0.25) is 0 Å². The van der Waals surface area contributed by atoms with Crippen LogP contribution >= 0.6 is 0 Å². The van der Waals surface area contributed by atoms with Gasteiger partial charge in [-0.2, -0.15) is 0 Å². The lowest BCUT2D eigenvalue weighted by Crippen LogP contribution is -2.28. The fraction of sp³-hybridized carbons (Fsp3) is 0.417. The summed E-state index contributed by atoms with van der Waals surface area (Å²) in [6.07, 6.45) is 0. The van der Waals surface area contributed by atoms with E-state index in [-0.39, 0.29) is 16.7 Å². The molecule has 0 heterocycles. The van der Waals surface area contributed by atoms with Crippen molar-refractivity contribution in [2.24, 2.45) is 4.99 Å². The third kappa shape index (κ3) is 5.53. The Kier molecular flexibility index (Phi) is 5.94. The molecule has 1 N–H and O–H groups in total. The summed E-state index contributed by atoms with van der Waals surface area (Å²) in [5.41, 5.74) is 5.18. The van der Waals surface area contributed by atoms with Crippen LogP contribution in [0.4, 0.5) is 5.69 Å². The average Bonchev–Trinajstić information content (AvgIpc) is 2.55. The van der Waals surface area contributed by atoms with Crippen LogP contribution in [-0.2, 0) is 10.8 Å². The third-order valence-corrected chi connectivity index (χ3v) is 4.67. The van der Waals surface area contributed by atoms with Crippen molar-refractivity contribution in [2.75, 3.05) is 0 Å². The van der Waals surface area contributed by atoms with E-state index in [1.54, 1.807) is 0 Å². The Morgan fingerprint density at radius 2 is 1.37 bits per heavy atom. The Balaban J connectivity index is 2.19. The largest absolute Gasteiger partial charge is 0.310 e. The predicted octanol–water partition coefficient (Wildman–Crippen LogP) is 6.07. The highest BCUT2D eigenvalue weighted by atomic mass is 16.1. The molecule has 0 aromatic heterocycles. The van der Waals surface area contributed by atoms with Crippen LogP contribution in [0.2, 0.25) is 0 Å². The van der Waals surface area contributed by atoms with Crippen molar-refractivity contribution >= 4 is 17.4 Å². The van der Waals surface area contributed by atoms with Crippen molar-refractivity contribution in [3.05, 3.63) is 64.7 Å². The summed E-state index contributed by atoms with van der Waals surface area (Å²) in [6.45, 7) is 16.9. The predicted molar refractivity (Wildman–Crippen MR) is 115 cm³/mol. The highest BCUT2D eigenvalue weighted by Gasteiger charge is 2.16. The number of benzene rings is 2. The molecule has 1 amide bonds. The van der Waals surface area contributed by atoms with Crippen LogP contribution in [0.25, 0.3) is 0 Å². The number of aryl methyl sites for hydroxylation is 1. The van der Waals surface area contributed by atoms with E-state index in [2.05, 4.69) is 70.1 Å². The number of aliphatic imine (C=N–C) groups is 1. The first kappa shape index (κ1) is 20.9. The molecule has 0 aliphatic rings. The van der Waals surface area contributed by atoms with Crippen molar-refractivity contribution in [3.63, 3.8) is 0 Å². The van der Waals surface area contributed by atoms with E-state index in [1.165, 1.54) is 11.1 Å². The van der Waals surface area contributed by atoms with E-state index in [4.69, 9.17) is 0 Å². The number of carbonyl (C=O) groups is 1. The van der Waals surface area contributed by atoms with Crippen LogP contribution in [-0.4, -0.2) is 11.7 Å². The Morgan fingerprint density at radius 1 is 0.852 bits per heavy atom. The summed E-state index contributed by atoms with van der Waals surface area (Å²) in [6, 6.07) is 14.1. The molecular weight excluding hydrogens is 332 g/mol. The second-order valence-corrected chi connectivity index (χ2v) is 9.23. The van der Waals surface area contributed by atoms with Gasteiger partial charge in [-0.05, 0) is 59.6 Å². The Labute approximate surface area is 163 Å². The van der Waals surface area contributed by atoms with Gasteiger partial charge in [0.05, 0.1) is 5.69 Å². The van der Waals surface area contributed by atoms with Gasteiger partial charge in [0.15, 0.2) is 0 Å². The zero-order valence-corrected chi connectivity index (χ0v) is 17.9. The summed E-state index contributed by atoms with van der Waals surface area (Å²) in [5.74, 6) is 0.454. The quantitative estimate of drug-likeness (QED) is 0.510. The second kappa shape index (κ2) is 7.67. The minimum atomic E-state index is -0.138. The first-order valence-electron chi connectivity index (χ1n) is 9.46. The van der Waals surface area contributed by atoms with Crippen molar-refractivity contribution < 1.29 is 4.79 Å². The minimum Gasteiger partial charge on any atom is -0.310 e. The molecule has 0 saturated carbocycles. The number of amidine groups is 1. The molecule has 0 atom stereocenters. The molecule has 2 aromatic rings. The molecule has 144 valence electrons. The van der Waals surface area contributed by atoms with Gasteiger partial charge in [0.25, 0.3) is 5.91 Å². The van der Waals surface area contributed by atoms with E-state index in [9.17, 15) is 4.79 Å². The van der Waals surface area contributed by atoms with E-state index in [0.717, 1.165) is 11.3 Å². The second-order valence-electron chi connectivity index (χ2n) is 9.23. The maximum Gasteiger partial charge on any atom is 0.256 e. The summed E-state index contributed by atoms with van der Waals surface area (Å²) in [7, 11) is 0. The lowest BCUT2D eigenvalue weighted by atomic mass is 9.86. The average molecular weight is 365 g/mol. The Bertz CT molecular complexity index is 847. The van der Waals surface area contributed by atoms with Gasteiger partial charge >= 0.3 is 0 Å². The smallest absolute Gasteiger partial charge is 0.256 e. The zero-order valence-electron chi connectivity index (χ0n) is 17.9. The first-order valence-corrected chi connectivity index (χ1v) is 9.46. The Hall–Kier alpha value is -2.42. The summed E-state index contributed by atoms with van der Waals surface area (Å²) in [4.78, 5) is 17.2. The fourth-order valence-electron chi connectivity index (χ4n) is 2.76. The summed E-state index contributed by atoms with van der Waals surface area (Å²) in [5, 5.41) is 2.90. The van der Waals surface area contributed by atoms with E-state index < -0.39 is 0 Å². The SMILES string of the molecule is CC(=Nc1cc(C(C)(C)C)ccc1C)NC(=O)c1ccc(C(C)(C)C)cc1. The standard InChI is InChI=1S/C24H32N2O/c1-16-9-12-20(24(6,7)8)15-21(16)25-17(2)26-22(27)18-10-13-19(14-11-18)23(3,4)5/h9-15H,1-8H3,(H,25,26,27). The fourth-order valence-corrected chi connectivity index (χ4v) is 2.76. The third-order valence-electron chi connectivity index (χ3n) is 4.67. The molecule has 3 heteroatoms. The van der Waals surface area contributed by atoms with E-state index >= 15 is 0 Å².